The largest absolute Gasteiger partial charge is 0.353 e. The summed E-state index contributed by atoms with van der Waals surface area (Å²) in [5.74, 6) is 1.36. The predicted octanol–water partition coefficient (Wildman–Crippen LogP) is 1.79. The number of rotatable bonds is 4. The lowest BCUT2D eigenvalue weighted by molar-refractivity contribution is -0.136. The summed E-state index contributed by atoms with van der Waals surface area (Å²) in [6.45, 7) is 1.74. The molecule has 1 atom stereocenters. The van der Waals surface area contributed by atoms with E-state index in [4.69, 9.17) is 0 Å². The maximum atomic E-state index is 11.9. The van der Waals surface area contributed by atoms with Gasteiger partial charge in [-0.3, -0.25) is 9.59 Å². The van der Waals surface area contributed by atoms with Gasteiger partial charge in [0.05, 0.1) is 6.54 Å². The van der Waals surface area contributed by atoms with Crippen molar-refractivity contribution in [2.45, 2.75) is 50.2 Å². The molecular weight excluding hydrogens is 260 g/mol. The van der Waals surface area contributed by atoms with Gasteiger partial charge in [0.15, 0.2) is 0 Å². The molecule has 1 N–H and O–H groups in total. The zero-order chi connectivity index (χ0) is 13.5. The van der Waals surface area contributed by atoms with Gasteiger partial charge in [-0.05, 0) is 31.4 Å². The van der Waals surface area contributed by atoms with Crippen molar-refractivity contribution in [3.63, 3.8) is 0 Å². The first kappa shape index (κ1) is 14.7. The highest BCUT2D eigenvalue weighted by Crippen LogP contribution is 2.25. The molecule has 0 bridgehead atoms. The number of carbonyl (C=O) groups is 2. The Balaban J connectivity index is 1.71. The Morgan fingerprint density at radius 2 is 2.11 bits per heavy atom. The zero-order valence-electron chi connectivity index (χ0n) is 11.5. The molecule has 108 valence electrons. The first-order chi connectivity index (χ1) is 9.25. The van der Waals surface area contributed by atoms with Crippen LogP contribution in [0.1, 0.15) is 44.9 Å². The van der Waals surface area contributed by atoms with Gasteiger partial charge < -0.3 is 10.2 Å². The number of carbonyl (C=O) groups excluding carboxylic acids is 2. The van der Waals surface area contributed by atoms with Crippen LogP contribution >= 0.6 is 11.8 Å². The lowest BCUT2D eigenvalue weighted by Gasteiger charge is -2.24. The molecule has 4 nitrogen and oxygen atoms in total. The van der Waals surface area contributed by atoms with Crippen molar-refractivity contribution in [1.29, 1.82) is 0 Å². The van der Waals surface area contributed by atoms with Crippen LogP contribution in [0, 0.1) is 0 Å². The number of hydrogen-bond donors (Lipinski definition) is 1. The van der Waals surface area contributed by atoms with E-state index in [1.165, 1.54) is 25.0 Å². The van der Waals surface area contributed by atoms with Crippen LogP contribution in [-0.2, 0) is 9.59 Å². The molecule has 0 aromatic heterocycles. The van der Waals surface area contributed by atoms with E-state index in [0.717, 1.165) is 32.4 Å². The molecule has 19 heavy (non-hydrogen) atoms. The van der Waals surface area contributed by atoms with E-state index in [-0.39, 0.29) is 18.4 Å². The van der Waals surface area contributed by atoms with Crippen molar-refractivity contribution >= 4 is 23.6 Å². The maximum Gasteiger partial charge on any atom is 0.239 e. The summed E-state index contributed by atoms with van der Waals surface area (Å²) in [5, 5.41) is 3.55. The van der Waals surface area contributed by atoms with Crippen LogP contribution in [0.2, 0.25) is 0 Å². The zero-order valence-corrected chi connectivity index (χ0v) is 12.3. The van der Waals surface area contributed by atoms with E-state index < -0.39 is 0 Å². The van der Waals surface area contributed by atoms with Gasteiger partial charge >= 0.3 is 0 Å². The van der Waals surface area contributed by atoms with Gasteiger partial charge in [-0.2, -0.15) is 11.8 Å². The highest BCUT2D eigenvalue weighted by Gasteiger charge is 2.20. The van der Waals surface area contributed by atoms with Crippen LogP contribution < -0.4 is 5.32 Å². The van der Waals surface area contributed by atoms with E-state index in [1.807, 2.05) is 11.8 Å². The van der Waals surface area contributed by atoms with E-state index in [2.05, 4.69) is 5.32 Å². The Bertz CT molecular complexity index is 317. The minimum absolute atomic E-state index is 0.00132. The topological polar surface area (TPSA) is 49.4 Å². The molecule has 0 aromatic rings. The van der Waals surface area contributed by atoms with Gasteiger partial charge in [0, 0.05) is 24.8 Å². The Kier molecular flexibility index (Phi) is 6.01. The van der Waals surface area contributed by atoms with Gasteiger partial charge in [0.2, 0.25) is 11.8 Å². The lowest BCUT2D eigenvalue weighted by Crippen LogP contribution is -2.42. The minimum atomic E-state index is 0.00132. The van der Waals surface area contributed by atoms with Crippen LogP contribution in [0.25, 0.3) is 0 Å². The quantitative estimate of drug-likeness (QED) is 0.856. The summed E-state index contributed by atoms with van der Waals surface area (Å²) in [6.07, 6.45) is 7.37. The average molecular weight is 284 g/mol. The molecular formula is C14H24N2O2S. The monoisotopic (exact) mass is 284 g/mol. The standard InChI is InChI=1S/C14H24N2O2S/c17-13(15-10-12-6-5-9-19-12)11-16-8-4-2-1-3-7-14(16)18/h12H,1-11H2,(H,15,17)/t12-/m1/s1. The summed E-state index contributed by atoms with van der Waals surface area (Å²) in [6, 6.07) is 0. The molecule has 2 fully saturated rings. The minimum Gasteiger partial charge on any atom is -0.353 e. The number of likely N-dealkylation sites (tertiary alicyclic amines) is 1. The maximum absolute atomic E-state index is 11.9. The van der Waals surface area contributed by atoms with Gasteiger partial charge in [-0.1, -0.05) is 12.8 Å². The Labute approximate surface area is 119 Å². The van der Waals surface area contributed by atoms with Crippen LogP contribution in [0.5, 0.6) is 0 Å². The molecule has 0 spiro atoms. The smallest absolute Gasteiger partial charge is 0.239 e. The van der Waals surface area contributed by atoms with E-state index >= 15 is 0 Å². The van der Waals surface area contributed by atoms with Crippen molar-refractivity contribution < 1.29 is 9.59 Å². The summed E-state index contributed by atoms with van der Waals surface area (Å²) in [5.41, 5.74) is 0. The molecule has 2 heterocycles. The fourth-order valence-corrected chi connectivity index (χ4v) is 3.85. The van der Waals surface area contributed by atoms with E-state index in [9.17, 15) is 9.59 Å². The third-order valence-electron chi connectivity index (χ3n) is 3.81. The van der Waals surface area contributed by atoms with Gasteiger partial charge in [-0.25, -0.2) is 0 Å². The normalized spacial score (nSPS) is 24.9. The Morgan fingerprint density at radius 1 is 1.26 bits per heavy atom. The average Bonchev–Trinajstić information content (AvgIpc) is 2.89. The Morgan fingerprint density at radius 3 is 2.89 bits per heavy atom. The highest BCUT2D eigenvalue weighted by atomic mass is 32.2. The number of nitrogens with zero attached hydrogens (tertiary/aromatic N) is 1. The van der Waals surface area contributed by atoms with Crippen molar-refractivity contribution in [3.8, 4) is 0 Å². The third kappa shape index (κ3) is 5.05. The van der Waals surface area contributed by atoms with Gasteiger partial charge in [-0.15, -0.1) is 0 Å². The molecule has 0 unspecified atom stereocenters. The molecule has 0 saturated carbocycles. The lowest BCUT2D eigenvalue weighted by atomic mass is 10.1. The van der Waals surface area contributed by atoms with Crippen LogP contribution in [0.4, 0.5) is 0 Å². The van der Waals surface area contributed by atoms with Crippen molar-refractivity contribution in [1.82, 2.24) is 10.2 Å². The molecule has 0 aliphatic carbocycles. The summed E-state index contributed by atoms with van der Waals surface area (Å²) >= 11 is 1.94. The SMILES string of the molecule is O=C(CN1CCCCCCC1=O)NC[C@H]1CCCS1. The number of thioether (sulfide) groups is 1. The molecule has 2 amide bonds. The fourth-order valence-electron chi connectivity index (χ4n) is 2.64. The molecule has 2 saturated heterocycles. The van der Waals surface area contributed by atoms with Crippen LogP contribution in [0.15, 0.2) is 0 Å². The van der Waals surface area contributed by atoms with Crippen molar-refractivity contribution in [2.75, 3.05) is 25.4 Å². The second kappa shape index (κ2) is 7.78. The summed E-state index contributed by atoms with van der Waals surface area (Å²) in [7, 11) is 0. The highest BCUT2D eigenvalue weighted by molar-refractivity contribution is 8.00. The molecule has 2 aliphatic rings. The third-order valence-corrected chi connectivity index (χ3v) is 5.20. The van der Waals surface area contributed by atoms with Gasteiger partial charge in [0.25, 0.3) is 0 Å². The number of amides is 2. The summed E-state index contributed by atoms with van der Waals surface area (Å²) < 4.78 is 0. The Hall–Kier alpha value is -0.710. The molecule has 5 heteroatoms. The first-order valence-electron chi connectivity index (χ1n) is 7.42. The van der Waals surface area contributed by atoms with Gasteiger partial charge in [0.1, 0.15) is 0 Å². The van der Waals surface area contributed by atoms with Crippen LogP contribution in [0.3, 0.4) is 0 Å². The predicted molar refractivity (Wildman–Crippen MR) is 78.2 cm³/mol. The van der Waals surface area contributed by atoms with Crippen LogP contribution in [-0.4, -0.2) is 47.4 Å². The van der Waals surface area contributed by atoms with E-state index in [0.29, 0.717) is 11.7 Å². The number of nitrogens with one attached hydrogen (secondary N) is 1. The second-order valence-electron chi connectivity index (χ2n) is 5.42. The molecule has 2 rings (SSSR count). The molecule has 0 aromatic carbocycles. The second-order valence-corrected chi connectivity index (χ2v) is 6.83. The first-order valence-corrected chi connectivity index (χ1v) is 8.46. The number of hydrogen-bond acceptors (Lipinski definition) is 3. The molecule has 2 aliphatic heterocycles. The van der Waals surface area contributed by atoms with Crippen molar-refractivity contribution in [3.05, 3.63) is 0 Å². The summed E-state index contributed by atoms with van der Waals surface area (Å²) in [4.78, 5) is 25.5. The van der Waals surface area contributed by atoms with Crippen molar-refractivity contribution in [2.24, 2.45) is 0 Å². The van der Waals surface area contributed by atoms with E-state index in [1.54, 1.807) is 4.90 Å². The fraction of sp³-hybridized carbons (Fsp3) is 0.857. The molecule has 0 radical (unpaired) electrons.